The Labute approximate surface area is 137 Å². The van der Waals surface area contributed by atoms with Crippen molar-refractivity contribution in [3.8, 4) is 0 Å². The first-order valence-electron chi connectivity index (χ1n) is 7.65. The molecule has 2 fully saturated rings. The summed E-state index contributed by atoms with van der Waals surface area (Å²) in [4.78, 5) is 0. The first-order valence-corrected chi connectivity index (χ1v) is 7.65. The predicted octanol–water partition coefficient (Wildman–Crippen LogP) is -5.78. The fourth-order valence-electron chi connectivity index (χ4n) is 2.97. The van der Waals surface area contributed by atoms with E-state index >= 15 is 0 Å². The van der Waals surface area contributed by atoms with Gasteiger partial charge in [0.15, 0.2) is 6.29 Å². The maximum Gasteiger partial charge on any atom is 0.187 e. The summed E-state index contributed by atoms with van der Waals surface area (Å²) in [5, 5.41) is 79.9. The standard InChI is InChI=1S/C13H25NO10/c15-1-4-7(18)10(21)12(5(2-16)14-4)24-13-11(22)9(20)8(19)6(3-17)23-13/h4-22H,1-3H2. The molecule has 11 heteroatoms. The van der Waals surface area contributed by atoms with Gasteiger partial charge in [-0.25, -0.2) is 0 Å². The highest BCUT2D eigenvalue weighted by molar-refractivity contribution is 5.00. The van der Waals surface area contributed by atoms with Crippen molar-refractivity contribution in [1.82, 2.24) is 5.32 Å². The molecule has 0 aromatic heterocycles. The molecule has 0 radical (unpaired) electrons. The summed E-state index contributed by atoms with van der Waals surface area (Å²) >= 11 is 0. The zero-order valence-corrected chi connectivity index (χ0v) is 12.8. The molecule has 0 aromatic carbocycles. The Hall–Kier alpha value is -0.440. The first-order chi connectivity index (χ1) is 11.3. The summed E-state index contributed by atoms with van der Waals surface area (Å²) in [5.41, 5.74) is 0. The number of aliphatic hydroxyl groups excluding tert-OH is 8. The molecule has 2 rings (SSSR count). The van der Waals surface area contributed by atoms with Crippen molar-refractivity contribution in [2.24, 2.45) is 0 Å². The minimum atomic E-state index is -1.68. The molecule has 2 saturated heterocycles. The molecular weight excluding hydrogens is 330 g/mol. The minimum absolute atomic E-state index is 0.485. The Morgan fingerprint density at radius 2 is 1.33 bits per heavy atom. The van der Waals surface area contributed by atoms with Gasteiger partial charge in [0.1, 0.15) is 36.6 Å². The topological polar surface area (TPSA) is 192 Å². The van der Waals surface area contributed by atoms with Crippen molar-refractivity contribution in [1.29, 1.82) is 0 Å². The molecule has 24 heavy (non-hydrogen) atoms. The Morgan fingerprint density at radius 1 is 0.708 bits per heavy atom. The van der Waals surface area contributed by atoms with E-state index in [0.29, 0.717) is 0 Å². The lowest BCUT2D eigenvalue weighted by Gasteiger charge is -2.46. The first kappa shape index (κ1) is 19.9. The summed E-state index contributed by atoms with van der Waals surface area (Å²) < 4.78 is 10.6. The van der Waals surface area contributed by atoms with Gasteiger partial charge in [-0.05, 0) is 0 Å². The van der Waals surface area contributed by atoms with E-state index in [9.17, 15) is 30.6 Å². The Bertz CT molecular complexity index is 397. The van der Waals surface area contributed by atoms with Crippen molar-refractivity contribution in [3.05, 3.63) is 0 Å². The molecule has 0 aromatic rings. The molecule has 2 aliphatic rings. The molecule has 0 bridgehead atoms. The van der Waals surface area contributed by atoms with Crippen molar-refractivity contribution in [3.63, 3.8) is 0 Å². The van der Waals surface area contributed by atoms with Crippen LogP contribution in [0.4, 0.5) is 0 Å². The quantitative estimate of drug-likeness (QED) is 0.228. The number of rotatable bonds is 5. The van der Waals surface area contributed by atoms with Crippen LogP contribution in [0.5, 0.6) is 0 Å². The summed E-state index contributed by atoms with van der Waals surface area (Å²) in [5.74, 6) is 0. The SMILES string of the molecule is OCC1NC(CO)C(OC2OC(CO)C(O)C(O)C2O)C(O)C1O. The van der Waals surface area contributed by atoms with Gasteiger partial charge in [-0.2, -0.15) is 0 Å². The van der Waals surface area contributed by atoms with E-state index in [4.69, 9.17) is 19.7 Å². The van der Waals surface area contributed by atoms with Gasteiger partial charge in [-0.1, -0.05) is 0 Å². The second kappa shape index (κ2) is 8.29. The monoisotopic (exact) mass is 355 g/mol. The van der Waals surface area contributed by atoms with Crippen LogP contribution in [0.1, 0.15) is 0 Å². The van der Waals surface area contributed by atoms with Gasteiger partial charge in [0, 0.05) is 0 Å². The van der Waals surface area contributed by atoms with Gasteiger partial charge in [0.05, 0.1) is 38.0 Å². The highest BCUT2D eigenvalue weighted by Gasteiger charge is 2.49. The number of hydrogen-bond acceptors (Lipinski definition) is 11. The molecule has 10 unspecified atom stereocenters. The fraction of sp³-hybridized carbons (Fsp3) is 1.00. The summed E-state index contributed by atoms with van der Waals surface area (Å²) in [6.45, 7) is -1.64. The van der Waals surface area contributed by atoms with E-state index in [-0.39, 0.29) is 0 Å². The van der Waals surface area contributed by atoms with Gasteiger partial charge in [0.25, 0.3) is 0 Å². The molecule has 2 aliphatic heterocycles. The second-order valence-corrected chi connectivity index (χ2v) is 6.02. The number of ether oxygens (including phenoxy) is 2. The summed E-state index contributed by atoms with van der Waals surface area (Å²) in [6, 6.07) is -1.78. The highest BCUT2D eigenvalue weighted by atomic mass is 16.7. The molecule has 0 spiro atoms. The smallest absolute Gasteiger partial charge is 0.187 e. The Balaban J connectivity index is 2.12. The molecule has 2 heterocycles. The van der Waals surface area contributed by atoms with Crippen LogP contribution in [0.2, 0.25) is 0 Å². The lowest BCUT2D eigenvalue weighted by molar-refractivity contribution is -0.325. The predicted molar refractivity (Wildman–Crippen MR) is 75.5 cm³/mol. The van der Waals surface area contributed by atoms with Crippen LogP contribution in [0, 0.1) is 0 Å². The van der Waals surface area contributed by atoms with Gasteiger partial charge in [-0.3, -0.25) is 0 Å². The number of nitrogens with one attached hydrogen (secondary N) is 1. The Morgan fingerprint density at radius 3 is 1.88 bits per heavy atom. The van der Waals surface area contributed by atoms with Crippen LogP contribution < -0.4 is 5.32 Å². The third-order valence-electron chi connectivity index (χ3n) is 4.46. The van der Waals surface area contributed by atoms with Crippen LogP contribution in [0.3, 0.4) is 0 Å². The van der Waals surface area contributed by atoms with Gasteiger partial charge < -0.3 is 55.6 Å². The van der Waals surface area contributed by atoms with Crippen molar-refractivity contribution in [2.45, 2.75) is 61.1 Å². The van der Waals surface area contributed by atoms with Crippen LogP contribution in [-0.4, -0.2) is 122 Å². The largest absolute Gasteiger partial charge is 0.395 e. The lowest BCUT2D eigenvalue weighted by atomic mass is 9.90. The van der Waals surface area contributed by atoms with Gasteiger partial charge in [-0.15, -0.1) is 0 Å². The molecule has 9 N–H and O–H groups in total. The van der Waals surface area contributed by atoms with Crippen molar-refractivity contribution >= 4 is 0 Å². The maximum absolute atomic E-state index is 10.2. The van der Waals surface area contributed by atoms with E-state index in [1.165, 1.54) is 0 Å². The van der Waals surface area contributed by atoms with Crippen LogP contribution >= 0.6 is 0 Å². The average molecular weight is 355 g/mol. The van der Waals surface area contributed by atoms with Gasteiger partial charge in [0.2, 0.25) is 0 Å². The lowest BCUT2D eigenvalue weighted by Crippen LogP contribution is -2.69. The van der Waals surface area contributed by atoms with Crippen LogP contribution in [-0.2, 0) is 9.47 Å². The third kappa shape index (κ3) is 3.71. The molecule has 0 aliphatic carbocycles. The van der Waals surface area contributed by atoms with E-state index in [2.05, 4.69) is 5.32 Å². The molecule has 142 valence electrons. The average Bonchev–Trinajstić information content (AvgIpc) is 2.59. The van der Waals surface area contributed by atoms with E-state index < -0.39 is 80.9 Å². The molecular formula is C13H25NO10. The fourth-order valence-corrected chi connectivity index (χ4v) is 2.97. The summed E-state index contributed by atoms with van der Waals surface area (Å²) in [7, 11) is 0. The van der Waals surface area contributed by atoms with Gasteiger partial charge >= 0.3 is 0 Å². The van der Waals surface area contributed by atoms with Crippen LogP contribution in [0.15, 0.2) is 0 Å². The van der Waals surface area contributed by atoms with E-state index in [0.717, 1.165) is 0 Å². The third-order valence-corrected chi connectivity index (χ3v) is 4.46. The molecule has 0 saturated carbocycles. The van der Waals surface area contributed by atoms with E-state index in [1.54, 1.807) is 0 Å². The second-order valence-electron chi connectivity index (χ2n) is 6.02. The number of hydrogen-bond donors (Lipinski definition) is 9. The normalized spacial score (nSPS) is 50.0. The molecule has 10 atom stereocenters. The Kier molecular flexibility index (Phi) is 6.87. The minimum Gasteiger partial charge on any atom is -0.395 e. The van der Waals surface area contributed by atoms with Crippen molar-refractivity contribution < 1.29 is 50.3 Å². The zero-order valence-electron chi connectivity index (χ0n) is 12.8. The molecule has 0 amide bonds. The van der Waals surface area contributed by atoms with E-state index in [1.807, 2.05) is 0 Å². The summed E-state index contributed by atoms with van der Waals surface area (Å²) in [6.07, 6.45) is -11.8. The van der Waals surface area contributed by atoms with Crippen molar-refractivity contribution in [2.75, 3.05) is 19.8 Å². The highest BCUT2D eigenvalue weighted by Crippen LogP contribution is 2.26. The number of piperidine rings is 1. The number of aliphatic hydroxyl groups is 8. The maximum atomic E-state index is 10.2. The zero-order chi connectivity index (χ0) is 18.0. The van der Waals surface area contributed by atoms with Crippen LogP contribution in [0.25, 0.3) is 0 Å². The molecule has 11 nitrogen and oxygen atoms in total.